The zero-order valence-electron chi connectivity index (χ0n) is 11.9. The van der Waals surface area contributed by atoms with E-state index in [-0.39, 0.29) is 5.41 Å². The summed E-state index contributed by atoms with van der Waals surface area (Å²) in [4.78, 5) is 2.34. The second-order valence-electron chi connectivity index (χ2n) is 6.80. The summed E-state index contributed by atoms with van der Waals surface area (Å²) >= 11 is 0. The predicted octanol–water partition coefficient (Wildman–Crippen LogP) is 3.39. The van der Waals surface area contributed by atoms with Gasteiger partial charge in [-0.1, -0.05) is 0 Å². The van der Waals surface area contributed by atoms with Gasteiger partial charge in [0.25, 0.3) is 0 Å². The molecule has 0 aromatic carbocycles. The Morgan fingerprint density at radius 1 is 0.950 bits per heavy atom. The van der Waals surface area contributed by atoms with Crippen molar-refractivity contribution in [2.45, 2.75) is 32.1 Å². The zero-order valence-corrected chi connectivity index (χ0v) is 11.9. The molecule has 1 saturated heterocycles. The molecular weight excluding hydrogens is 250 g/mol. The van der Waals surface area contributed by atoms with E-state index < -0.39 is 0 Å². The molecule has 0 bridgehead atoms. The van der Waals surface area contributed by atoms with Crippen molar-refractivity contribution in [1.82, 2.24) is 4.90 Å². The number of allylic oxidation sites excluding steroid dienone is 7. The monoisotopic (exact) mass is 271 g/mol. The highest BCUT2D eigenvalue weighted by atomic mass is 16.3. The lowest BCUT2D eigenvalue weighted by molar-refractivity contribution is 0.0553. The van der Waals surface area contributed by atoms with Crippen LogP contribution in [-0.2, 0) is 0 Å². The Hall–Kier alpha value is -1.48. The molecular formula is C17H21NO2. The number of aliphatic hydroxyl groups is 2. The van der Waals surface area contributed by atoms with Gasteiger partial charge in [0, 0.05) is 31.3 Å². The second-order valence-corrected chi connectivity index (χ2v) is 6.80. The highest BCUT2D eigenvalue weighted by Gasteiger charge is 2.48. The van der Waals surface area contributed by atoms with Crippen LogP contribution >= 0.6 is 0 Å². The summed E-state index contributed by atoms with van der Waals surface area (Å²) in [5.74, 6) is 1.07. The van der Waals surface area contributed by atoms with Crippen LogP contribution in [0.25, 0.3) is 0 Å². The molecule has 3 aliphatic carbocycles. The summed E-state index contributed by atoms with van der Waals surface area (Å²) in [7, 11) is 2.15. The third-order valence-corrected chi connectivity index (χ3v) is 5.24. The molecule has 0 atom stereocenters. The molecule has 1 aliphatic heterocycles. The number of rotatable bonds is 0. The zero-order chi connectivity index (χ0) is 13.9. The quantitative estimate of drug-likeness (QED) is 0.710. The third kappa shape index (κ3) is 1.62. The number of aliphatic hydroxyl groups excluding tert-OH is 2. The second kappa shape index (κ2) is 4.01. The van der Waals surface area contributed by atoms with Gasteiger partial charge in [0.15, 0.2) is 0 Å². The molecule has 1 fully saturated rings. The van der Waals surface area contributed by atoms with E-state index in [0.29, 0.717) is 11.5 Å². The van der Waals surface area contributed by atoms with Crippen LogP contribution in [0.3, 0.4) is 0 Å². The molecule has 0 aromatic rings. The normalized spacial score (nSPS) is 28.6. The molecule has 1 spiro atoms. The van der Waals surface area contributed by atoms with E-state index in [1.54, 1.807) is 0 Å². The Morgan fingerprint density at radius 3 is 2.30 bits per heavy atom. The fourth-order valence-electron chi connectivity index (χ4n) is 4.51. The van der Waals surface area contributed by atoms with Gasteiger partial charge in [0.2, 0.25) is 0 Å². The van der Waals surface area contributed by atoms with Crippen LogP contribution in [0.4, 0.5) is 0 Å². The van der Waals surface area contributed by atoms with E-state index in [2.05, 4.69) is 11.9 Å². The minimum absolute atomic E-state index is 0.172. The molecule has 0 saturated carbocycles. The molecule has 4 aliphatic rings. The van der Waals surface area contributed by atoms with Crippen LogP contribution in [-0.4, -0.2) is 35.3 Å². The first-order valence-electron chi connectivity index (χ1n) is 7.51. The van der Waals surface area contributed by atoms with E-state index in [1.165, 1.54) is 22.3 Å². The lowest BCUT2D eigenvalue weighted by Crippen LogP contribution is -2.56. The highest BCUT2D eigenvalue weighted by molar-refractivity contribution is 5.57. The smallest absolute Gasteiger partial charge is 0.0929 e. The van der Waals surface area contributed by atoms with E-state index >= 15 is 0 Å². The van der Waals surface area contributed by atoms with Gasteiger partial charge in [0.1, 0.15) is 0 Å². The lowest BCUT2D eigenvalue weighted by atomic mass is 9.60. The maximum Gasteiger partial charge on any atom is 0.0929 e. The molecule has 2 N–H and O–H groups in total. The summed E-state index contributed by atoms with van der Waals surface area (Å²) < 4.78 is 0. The number of nitrogens with zero attached hydrogens (tertiary/aromatic N) is 1. The van der Waals surface area contributed by atoms with Gasteiger partial charge in [-0.15, -0.1) is 0 Å². The van der Waals surface area contributed by atoms with Gasteiger partial charge < -0.3 is 15.1 Å². The van der Waals surface area contributed by atoms with Crippen molar-refractivity contribution < 1.29 is 10.2 Å². The molecule has 0 unspecified atom stereocenters. The summed E-state index contributed by atoms with van der Waals surface area (Å²) in [6.45, 7) is 2.11. The standard InChI is InChI=1S/C17H21NO2/c1-18-9-17(10-18)8-11-6-12(19)2-4-14(11)15-5-3-13(20)7-16(15)17/h6-7,19-20H,2-5,8-10H2,1H3. The minimum Gasteiger partial charge on any atom is -0.512 e. The SMILES string of the molecule is CN1CC2(CC3=C(CCC(O)=C3)C3=C2C=C(O)CC3)C1. The first-order chi connectivity index (χ1) is 9.57. The Kier molecular flexibility index (Phi) is 2.46. The lowest BCUT2D eigenvalue weighted by Gasteiger charge is -2.54. The van der Waals surface area contributed by atoms with Gasteiger partial charge >= 0.3 is 0 Å². The summed E-state index contributed by atoms with van der Waals surface area (Å²) in [6, 6.07) is 0. The average molecular weight is 271 g/mol. The van der Waals surface area contributed by atoms with Crippen molar-refractivity contribution in [3.63, 3.8) is 0 Å². The fraction of sp³-hybridized carbons (Fsp3) is 0.529. The van der Waals surface area contributed by atoms with E-state index in [1.807, 2.05) is 12.2 Å². The number of hydrogen-bond acceptors (Lipinski definition) is 3. The molecule has 3 heteroatoms. The van der Waals surface area contributed by atoms with Crippen molar-refractivity contribution in [2.75, 3.05) is 20.1 Å². The van der Waals surface area contributed by atoms with Crippen LogP contribution in [0, 0.1) is 5.41 Å². The number of hydrogen-bond donors (Lipinski definition) is 2. The van der Waals surface area contributed by atoms with Crippen molar-refractivity contribution >= 4 is 0 Å². The first-order valence-corrected chi connectivity index (χ1v) is 7.51. The molecule has 20 heavy (non-hydrogen) atoms. The van der Waals surface area contributed by atoms with Gasteiger partial charge in [-0.3, -0.25) is 0 Å². The van der Waals surface area contributed by atoms with Crippen molar-refractivity contribution in [1.29, 1.82) is 0 Å². The predicted molar refractivity (Wildman–Crippen MR) is 78.5 cm³/mol. The Balaban J connectivity index is 1.85. The van der Waals surface area contributed by atoms with Gasteiger partial charge in [-0.2, -0.15) is 0 Å². The molecule has 1 heterocycles. The molecule has 106 valence electrons. The van der Waals surface area contributed by atoms with E-state index in [4.69, 9.17) is 0 Å². The fourth-order valence-corrected chi connectivity index (χ4v) is 4.51. The molecule has 3 nitrogen and oxygen atoms in total. The van der Waals surface area contributed by atoms with E-state index in [9.17, 15) is 10.2 Å². The highest BCUT2D eigenvalue weighted by Crippen LogP contribution is 2.54. The van der Waals surface area contributed by atoms with Gasteiger partial charge in [-0.25, -0.2) is 0 Å². The van der Waals surface area contributed by atoms with Gasteiger partial charge in [0.05, 0.1) is 11.5 Å². The van der Waals surface area contributed by atoms with Crippen LogP contribution in [0.1, 0.15) is 32.1 Å². The first kappa shape index (κ1) is 12.3. The van der Waals surface area contributed by atoms with Crippen molar-refractivity contribution in [2.24, 2.45) is 5.41 Å². The van der Waals surface area contributed by atoms with Crippen LogP contribution in [0.15, 0.2) is 46.0 Å². The maximum atomic E-state index is 9.95. The minimum atomic E-state index is 0.172. The van der Waals surface area contributed by atoms with Crippen molar-refractivity contribution in [3.8, 4) is 0 Å². The summed E-state index contributed by atoms with van der Waals surface area (Å²) in [6.07, 6.45) is 8.48. The largest absolute Gasteiger partial charge is 0.512 e. The molecule has 4 rings (SSSR count). The molecule has 0 amide bonds. The molecule has 0 radical (unpaired) electrons. The maximum absolute atomic E-state index is 9.95. The van der Waals surface area contributed by atoms with Crippen LogP contribution in [0.2, 0.25) is 0 Å². The van der Waals surface area contributed by atoms with E-state index in [0.717, 1.165) is 45.2 Å². The number of fused-ring (bicyclic) bond motifs is 2. The third-order valence-electron chi connectivity index (χ3n) is 5.24. The average Bonchev–Trinajstić information content (AvgIpc) is 2.37. The van der Waals surface area contributed by atoms with Gasteiger partial charge in [-0.05, 0) is 60.8 Å². The topological polar surface area (TPSA) is 43.7 Å². The van der Waals surface area contributed by atoms with Crippen LogP contribution < -0.4 is 0 Å². The Morgan fingerprint density at radius 2 is 1.60 bits per heavy atom. The number of likely N-dealkylation sites (tertiary alicyclic amines) is 1. The Bertz CT molecular complexity index is 600. The summed E-state index contributed by atoms with van der Waals surface area (Å²) in [5.41, 5.74) is 5.80. The molecule has 0 aromatic heterocycles. The van der Waals surface area contributed by atoms with Crippen LogP contribution in [0.5, 0.6) is 0 Å². The summed E-state index contributed by atoms with van der Waals surface area (Å²) in [5, 5.41) is 19.8. The van der Waals surface area contributed by atoms with Crippen molar-refractivity contribution in [3.05, 3.63) is 46.0 Å². The Labute approximate surface area is 119 Å².